The van der Waals surface area contributed by atoms with Crippen molar-refractivity contribution < 1.29 is 18.3 Å². The molecule has 26 heavy (non-hydrogen) atoms. The maximum atomic E-state index is 11.6. The minimum absolute atomic E-state index is 0.258. The number of hydrogen-bond donors (Lipinski definition) is 1. The monoisotopic (exact) mass is 398 g/mol. The lowest BCUT2D eigenvalue weighted by Gasteiger charge is -2.20. The number of rotatable bonds is 7. The molecule has 1 unspecified atom stereocenters. The van der Waals surface area contributed by atoms with Gasteiger partial charge in [0.25, 0.3) is 0 Å². The number of aromatic nitrogens is 2. The number of halogens is 1. The molecule has 0 bridgehead atoms. The SMILES string of the molecule is C[C@H](C[C@@H](C)S(C)(=O)=O)Oc1ncc(C(O)C2CC2)c2cc(Cl)ncc12. The average Bonchev–Trinajstić information content (AvgIpc) is 3.38. The summed E-state index contributed by atoms with van der Waals surface area (Å²) in [6.45, 7) is 3.47. The van der Waals surface area contributed by atoms with E-state index in [1.54, 1.807) is 25.4 Å². The topological polar surface area (TPSA) is 89.4 Å². The highest BCUT2D eigenvalue weighted by atomic mass is 35.5. The van der Waals surface area contributed by atoms with Gasteiger partial charge in [0.1, 0.15) is 15.0 Å². The van der Waals surface area contributed by atoms with Crippen molar-refractivity contribution in [3.05, 3.63) is 29.2 Å². The molecule has 0 amide bonds. The van der Waals surface area contributed by atoms with Crippen molar-refractivity contribution in [2.75, 3.05) is 6.26 Å². The summed E-state index contributed by atoms with van der Waals surface area (Å²) >= 11 is 6.05. The number of aliphatic hydroxyl groups excluding tert-OH is 1. The van der Waals surface area contributed by atoms with Crippen LogP contribution in [-0.2, 0) is 9.84 Å². The van der Waals surface area contributed by atoms with E-state index in [2.05, 4.69) is 9.97 Å². The lowest BCUT2D eigenvalue weighted by Crippen LogP contribution is -2.25. The molecule has 1 fully saturated rings. The van der Waals surface area contributed by atoms with E-state index in [0.29, 0.717) is 22.8 Å². The van der Waals surface area contributed by atoms with Gasteiger partial charge in [0, 0.05) is 30.6 Å². The van der Waals surface area contributed by atoms with Crippen LogP contribution < -0.4 is 4.74 Å². The molecule has 2 aromatic rings. The number of pyridine rings is 2. The van der Waals surface area contributed by atoms with Crippen LogP contribution in [0, 0.1) is 5.92 Å². The summed E-state index contributed by atoms with van der Waals surface area (Å²) in [7, 11) is -3.12. The van der Waals surface area contributed by atoms with Crippen LogP contribution >= 0.6 is 11.6 Å². The van der Waals surface area contributed by atoms with Crippen LogP contribution in [-0.4, -0.2) is 41.1 Å². The van der Waals surface area contributed by atoms with Crippen LogP contribution in [0.3, 0.4) is 0 Å². The molecule has 2 heterocycles. The minimum Gasteiger partial charge on any atom is -0.474 e. The van der Waals surface area contributed by atoms with E-state index in [9.17, 15) is 13.5 Å². The van der Waals surface area contributed by atoms with Crippen molar-refractivity contribution in [3.63, 3.8) is 0 Å². The van der Waals surface area contributed by atoms with Crippen LogP contribution in [0.5, 0.6) is 5.88 Å². The molecule has 1 saturated carbocycles. The molecule has 0 saturated heterocycles. The van der Waals surface area contributed by atoms with Crippen molar-refractivity contribution in [3.8, 4) is 5.88 Å². The number of ether oxygens (including phenoxy) is 1. The van der Waals surface area contributed by atoms with Crippen molar-refractivity contribution >= 4 is 32.2 Å². The zero-order valence-corrected chi connectivity index (χ0v) is 16.6. The highest BCUT2D eigenvalue weighted by Gasteiger charge is 2.32. The van der Waals surface area contributed by atoms with Gasteiger partial charge in [-0.1, -0.05) is 11.6 Å². The Balaban J connectivity index is 1.91. The maximum Gasteiger partial charge on any atom is 0.223 e. The standard InChI is InChI=1S/C18H23ClN2O4S/c1-10(6-11(2)26(3,23)24)25-18-15-9-20-16(19)7-13(15)14(8-21-18)17(22)12-4-5-12/h7-12,17,22H,4-6H2,1-3H3/t10-,11-,17?/m1/s1. The normalized spacial score (nSPS) is 18.5. The summed E-state index contributed by atoms with van der Waals surface area (Å²) in [4.78, 5) is 8.47. The van der Waals surface area contributed by atoms with E-state index in [1.165, 1.54) is 6.26 Å². The van der Waals surface area contributed by atoms with Crippen LogP contribution in [0.25, 0.3) is 10.8 Å². The fraction of sp³-hybridized carbons (Fsp3) is 0.556. The first-order valence-corrected chi connectivity index (χ1v) is 11.0. The molecule has 6 nitrogen and oxygen atoms in total. The van der Waals surface area contributed by atoms with Gasteiger partial charge in [-0.3, -0.25) is 0 Å². The van der Waals surface area contributed by atoms with Gasteiger partial charge in [0.15, 0.2) is 0 Å². The molecule has 142 valence electrons. The van der Waals surface area contributed by atoms with E-state index >= 15 is 0 Å². The molecule has 3 atom stereocenters. The van der Waals surface area contributed by atoms with E-state index in [0.717, 1.165) is 23.8 Å². The highest BCUT2D eigenvalue weighted by Crippen LogP contribution is 2.43. The van der Waals surface area contributed by atoms with E-state index in [4.69, 9.17) is 16.3 Å². The Hall–Kier alpha value is -1.44. The van der Waals surface area contributed by atoms with Gasteiger partial charge in [-0.2, -0.15) is 0 Å². The van der Waals surface area contributed by atoms with Gasteiger partial charge in [-0.15, -0.1) is 0 Å². The van der Waals surface area contributed by atoms with Crippen LogP contribution in [0.2, 0.25) is 5.15 Å². The minimum atomic E-state index is -3.12. The molecule has 0 aromatic carbocycles. The Bertz CT molecular complexity index is 915. The Morgan fingerprint density at radius 3 is 2.58 bits per heavy atom. The van der Waals surface area contributed by atoms with Crippen LogP contribution in [0.1, 0.15) is 44.8 Å². The summed E-state index contributed by atoms with van der Waals surface area (Å²) in [5, 5.41) is 11.8. The van der Waals surface area contributed by atoms with Gasteiger partial charge >= 0.3 is 0 Å². The molecule has 0 radical (unpaired) electrons. The third kappa shape index (κ3) is 4.27. The Labute approximate surface area is 158 Å². The third-order valence-corrected chi connectivity index (χ3v) is 6.69. The van der Waals surface area contributed by atoms with Gasteiger partial charge in [0.2, 0.25) is 5.88 Å². The smallest absolute Gasteiger partial charge is 0.223 e. The summed E-state index contributed by atoms with van der Waals surface area (Å²) in [6, 6.07) is 1.70. The predicted octanol–water partition coefficient (Wildman–Crippen LogP) is 3.32. The van der Waals surface area contributed by atoms with Gasteiger partial charge < -0.3 is 9.84 Å². The second kappa shape index (κ2) is 7.29. The summed E-state index contributed by atoms with van der Waals surface area (Å²) in [5.74, 6) is 0.623. The quantitative estimate of drug-likeness (QED) is 0.719. The van der Waals surface area contributed by atoms with E-state index < -0.39 is 21.2 Å². The molecule has 1 aliphatic carbocycles. The van der Waals surface area contributed by atoms with Crippen molar-refractivity contribution in [2.45, 2.75) is 50.6 Å². The molecule has 0 spiro atoms. The first-order valence-electron chi connectivity index (χ1n) is 8.64. The number of sulfone groups is 1. The number of aliphatic hydroxyl groups is 1. The molecular weight excluding hydrogens is 376 g/mol. The maximum absolute atomic E-state index is 11.6. The molecule has 1 aliphatic rings. The lowest BCUT2D eigenvalue weighted by molar-refractivity contribution is 0.154. The zero-order chi connectivity index (χ0) is 19.1. The number of nitrogens with zero attached hydrogens (tertiary/aromatic N) is 2. The van der Waals surface area contributed by atoms with Gasteiger partial charge in [0.05, 0.1) is 22.8 Å². The summed E-state index contributed by atoms with van der Waals surface area (Å²) in [6.07, 6.45) is 5.85. The van der Waals surface area contributed by atoms with Crippen LogP contribution in [0.15, 0.2) is 18.5 Å². The van der Waals surface area contributed by atoms with Crippen molar-refractivity contribution in [2.24, 2.45) is 5.92 Å². The Kier molecular flexibility index (Phi) is 5.42. The van der Waals surface area contributed by atoms with E-state index in [-0.39, 0.29) is 12.0 Å². The van der Waals surface area contributed by atoms with Gasteiger partial charge in [-0.05, 0) is 44.1 Å². The largest absolute Gasteiger partial charge is 0.474 e. The first-order chi connectivity index (χ1) is 12.2. The second-order valence-electron chi connectivity index (χ2n) is 7.16. The fourth-order valence-corrected chi connectivity index (χ4v) is 3.76. The number of hydrogen-bond acceptors (Lipinski definition) is 6. The number of fused-ring (bicyclic) bond motifs is 1. The predicted molar refractivity (Wildman–Crippen MR) is 101 cm³/mol. The second-order valence-corrected chi connectivity index (χ2v) is 10.0. The Morgan fingerprint density at radius 1 is 1.27 bits per heavy atom. The highest BCUT2D eigenvalue weighted by molar-refractivity contribution is 7.91. The zero-order valence-electron chi connectivity index (χ0n) is 15.0. The molecule has 1 N–H and O–H groups in total. The third-order valence-electron chi connectivity index (χ3n) is 4.83. The molecule has 3 rings (SSSR count). The molecule has 8 heteroatoms. The first kappa shape index (κ1) is 19.3. The molecule has 2 aromatic heterocycles. The van der Waals surface area contributed by atoms with Gasteiger partial charge in [-0.25, -0.2) is 18.4 Å². The van der Waals surface area contributed by atoms with Crippen molar-refractivity contribution in [1.29, 1.82) is 0 Å². The lowest BCUT2D eigenvalue weighted by atomic mass is 10.0. The molecular formula is C18H23ClN2O4S. The van der Waals surface area contributed by atoms with Crippen LogP contribution in [0.4, 0.5) is 0 Å². The average molecular weight is 399 g/mol. The van der Waals surface area contributed by atoms with E-state index in [1.807, 2.05) is 6.92 Å². The summed E-state index contributed by atoms with van der Waals surface area (Å²) in [5.41, 5.74) is 0.719. The fourth-order valence-electron chi connectivity index (χ4n) is 2.98. The molecule has 0 aliphatic heterocycles. The van der Waals surface area contributed by atoms with Crippen molar-refractivity contribution in [1.82, 2.24) is 9.97 Å². The summed E-state index contributed by atoms with van der Waals surface area (Å²) < 4.78 is 29.2. The Morgan fingerprint density at radius 2 is 1.96 bits per heavy atom.